The Morgan fingerprint density at radius 1 is 1.05 bits per heavy atom. The van der Waals surface area contributed by atoms with Gasteiger partial charge in [-0.15, -0.1) is 0 Å². The van der Waals surface area contributed by atoms with Crippen LogP contribution in [0.2, 0.25) is 0 Å². The maximum Gasteiger partial charge on any atom is 0.120 e. The lowest BCUT2D eigenvalue weighted by molar-refractivity contribution is 0.129. The molecule has 1 saturated carbocycles. The first-order chi connectivity index (χ1) is 9.74. The molecule has 0 amide bonds. The zero-order valence-electron chi connectivity index (χ0n) is 12.6. The molecule has 0 heterocycles. The summed E-state index contributed by atoms with van der Waals surface area (Å²) >= 11 is 0. The van der Waals surface area contributed by atoms with E-state index in [1.165, 1.54) is 42.0 Å². The van der Waals surface area contributed by atoms with Crippen molar-refractivity contribution in [1.82, 2.24) is 0 Å². The van der Waals surface area contributed by atoms with Gasteiger partial charge in [-0.05, 0) is 60.1 Å². The van der Waals surface area contributed by atoms with Gasteiger partial charge in [0.1, 0.15) is 5.75 Å². The lowest BCUT2D eigenvalue weighted by Gasteiger charge is -2.27. The van der Waals surface area contributed by atoms with Gasteiger partial charge in [0.2, 0.25) is 0 Å². The van der Waals surface area contributed by atoms with E-state index in [0.29, 0.717) is 6.10 Å². The Hall–Kier alpha value is -1.50. The lowest BCUT2D eigenvalue weighted by atomic mass is 9.89. The van der Waals surface area contributed by atoms with Gasteiger partial charge in [-0.1, -0.05) is 44.5 Å². The van der Waals surface area contributed by atoms with Crippen LogP contribution in [0.5, 0.6) is 5.75 Å². The molecule has 0 saturated heterocycles. The normalized spacial score (nSPS) is 22.9. The molecule has 0 spiro atoms. The van der Waals surface area contributed by atoms with Crippen molar-refractivity contribution in [3.8, 4) is 5.75 Å². The molecule has 1 fully saturated rings. The van der Waals surface area contributed by atoms with Gasteiger partial charge in [0.25, 0.3) is 0 Å². The van der Waals surface area contributed by atoms with Crippen molar-refractivity contribution < 1.29 is 4.74 Å². The topological polar surface area (TPSA) is 9.23 Å². The van der Waals surface area contributed by atoms with E-state index in [4.69, 9.17) is 4.74 Å². The summed E-state index contributed by atoms with van der Waals surface area (Å²) in [7, 11) is 0. The van der Waals surface area contributed by atoms with Crippen LogP contribution in [0, 0.1) is 5.92 Å². The maximum absolute atomic E-state index is 6.19. The maximum atomic E-state index is 6.19. The van der Waals surface area contributed by atoms with Gasteiger partial charge >= 0.3 is 0 Å². The molecule has 1 aliphatic rings. The number of hydrogen-bond donors (Lipinski definition) is 0. The highest BCUT2D eigenvalue weighted by molar-refractivity contribution is 5.84. The van der Waals surface area contributed by atoms with E-state index < -0.39 is 0 Å². The standard InChI is InChI=1S/C19H24O/c1-3-15-7-8-17-13-19(10-9-16(17)12-15)20-18-6-4-5-14(2)11-18/h7-10,12-14,18H,3-6,11H2,1-2H3. The van der Waals surface area contributed by atoms with E-state index in [2.05, 4.69) is 50.2 Å². The van der Waals surface area contributed by atoms with E-state index >= 15 is 0 Å². The molecule has 0 N–H and O–H groups in total. The second-order valence-corrected chi connectivity index (χ2v) is 6.21. The van der Waals surface area contributed by atoms with Gasteiger partial charge in [0.05, 0.1) is 6.10 Å². The Labute approximate surface area is 122 Å². The van der Waals surface area contributed by atoms with E-state index in [1.54, 1.807) is 0 Å². The molecule has 2 aromatic carbocycles. The molecule has 106 valence electrons. The summed E-state index contributed by atoms with van der Waals surface area (Å²) in [4.78, 5) is 0. The van der Waals surface area contributed by atoms with Crippen molar-refractivity contribution in [3.63, 3.8) is 0 Å². The van der Waals surface area contributed by atoms with Gasteiger partial charge in [-0.2, -0.15) is 0 Å². The Kier molecular flexibility index (Phi) is 3.95. The van der Waals surface area contributed by atoms with Crippen LogP contribution >= 0.6 is 0 Å². The van der Waals surface area contributed by atoms with Crippen LogP contribution in [0.3, 0.4) is 0 Å². The molecule has 3 rings (SSSR count). The molecular weight excluding hydrogens is 244 g/mol. The van der Waals surface area contributed by atoms with Crippen LogP contribution in [-0.2, 0) is 6.42 Å². The van der Waals surface area contributed by atoms with Gasteiger partial charge in [-0.25, -0.2) is 0 Å². The molecule has 0 aromatic heterocycles. The number of fused-ring (bicyclic) bond motifs is 1. The summed E-state index contributed by atoms with van der Waals surface area (Å²) < 4.78 is 6.19. The predicted octanol–water partition coefficient (Wildman–Crippen LogP) is 5.36. The van der Waals surface area contributed by atoms with Crippen molar-refractivity contribution in [3.05, 3.63) is 42.0 Å². The van der Waals surface area contributed by atoms with Crippen LogP contribution in [0.4, 0.5) is 0 Å². The smallest absolute Gasteiger partial charge is 0.120 e. The Bertz CT molecular complexity index is 587. The summed E-state index contributed by atoms with van der Waals surface area (Å²) in [5.74, 6) is 1.84. The summed E-state index contributed by atoms with van der Waals surface area (Å²) in [5, 5.41) is 2.59. The highest BCUT2D eigenvalue weighted by Crippen LogP contribution is 2.29. The Balaban J connectivity index is 1.78. The van der Waals surface area contributed by atoms with Crippen LogP contribution < -0.4 is 4.74 Å². The minimum absolute atomic E-state index is 0.408. The Morgan fingerprint density at radius 3 is 2.65 bits per heavy atom. The van der Waals surface area contributed by atoms with Crippen LogP contribution in [0.1, 0.15) is 45.1 Å². The monoisotopic (exact) mass is 268 g/mol. The highest BCUT2D eigenvalue weighted by Gasteiger charge is 2.20. The third kappa shape index (κ3) is 2.98. The van der Waals surface area contributed by atoms with E-state index in [0.717, 1.165) is 18.1 Å². The third-order valence-electron chi connectivity index (χ3n) is 4.48. The minimum atomic E-state index is 0.408. The number of aryl methyl sites for hydroxylation is 1. The van der Waals surface area contributed by atoms with Crippen molar-refractivity contribution in [2.75, 3.05) is 0 Å². The number of ether oxygens (including phenoxy) is 1. The lowest BCUT2D eigenvalue weighted by Crippen LogP contribution is -2.23. The molecule has 0 radical (unpaired) electrons. The van der Waals surface area contributed by atoms with Gasteiger partial charge in [-0.3, -0.25) is 0 Å². The van der Waals surface area contributed by atoms with Gasteiger partial charge in [0, 0.05) is 0 Å². The molecular formula is C19H24O. The fourth-order valence-electron chi connectivity index (χ4n) is 3.24. The molecule has 20 heavy (non-hydrogen) atoms. The van der Waals surface area contributed by atoms with Crippen molar-refractivity contribution >= 4 is 10.8 Å². The van der Waals surface area contributed by atoms with E-state index in [9.17, 15) is 0 Å². The molecule has 1 heteroatoms. The SMILES string of the molecule is CCc1ccc2cc(OC3CCCC(C)C3)ccc2c1. The van der Waals surface area contributed by atoms with Crippen molar-refractivity contribution in [2.24, 2.45) is 5.92 Å². The molecule has 0 bridgehead atoms. The summed E-state index contributed by atoms with van der Waals surface area (Å²) in [5.41, 5.74) is 1.40. The van der Waals surface area contributed by atoms with Crippen molar-refractivity contribution in [2.45, 2.75) is 52.1 Å². The zero-order valence-corrected chi connectivity index (χ0v) is 12.6. The second kappa shape index (κ2) is 5.87. The number of rotatable bonds is 3. The summed E-state index contributed by atoms with van der Waals surface area (Å²) in [6.07, 6.45) is 6.57. The van der Waals surface area contributed by atoms with E-state index in [1.807, 2.05) is 0 Å². The minimum Gasteiger partial charge on any atom is -0.490 e. The van der Waals surface area contributed by atoms with Crippen molar-refractivity contribution in [1.29, 1.82) is 0 Å². The molecule has 2 aromatic rings. The quantitative estimate of drug-likeness (QED) is 0.728. The summed E-state index contributed by atoms with van der Waals surface area (Å²) in [6.45, 7) is 4.53. The van der Waals surface area contributed by atoms with Crippen LogP contribution in [-0.4, -0.2) is 6.10 Å². The molecule has 1 aliphatic carbocycles. The average Bonchev–Trinajstić information content (AvgIpc) is 2.47. The van der Waals surface area contributed by atoms with Gasteiger partial charge in [0.15, 0.2) is 0 Å². The molecule has 0 aliphatic heterocycles. The fourth-order valence-corrected chi connectivity index (χ4v) is 3.24. The fraction of sp³-hybridized carbons (Fsp3) is 0.474. The molecule has 2 unspecified atom stereocenters. The second-order valence-electron chi connectivity index (χ2n) is 6.21. The summed E-state index contributed by atoms with van der Waals surface area (Å²) in [6, 6.07) is 13.2. The largest absolute Gasteiger partial charge is 0.490 e. The first-order valence-corrected chi connectivity index (χ1v) is 7.94. The molecule has 2 atom stereocenters. The predicted molar refractivity (Wildman–Crippen MR) is 85.4 cm³/mol. The third-order valence-corrected chi connectivity index (χ3v) is 4.48. The van der Waals surface area contributed by atoms with Crippen LogP contribution in [0.25, 0.3) is 10.8 Å². The highest BCUT2D eigenvalue weighted by atomic mass is 16.5. The van der Waals surface area contributed by atoms with Gasteiger partial charge < -0.3 is 4.74 Å². The zero-order chi connectivity index (χ0) is 13.9. The number of benzene rings is 2. The average molecular weight is 268 g/mol. The molecule has 1 nitrogen and oxygen atoms in total. The first kappa shape index (κ1) is 13.5. The first-order valence-electron chi connectivity index (χ1n) is 7.94. The van der Waals surface area contributed by atoms with Crippen LogP contribution in [0.15, 0.2) is 36.4 Å². The Morgan fingerprint density at radius 2 is 1.85 bits per heavy atom. The number of hydrogen-bond acceptors (Lipinski definition) is 1. The van der Waals surface area contributed by atoms with E-state index in [-0.39, 0.29) is 0 Å².